The summed E-state index contributed by atoms with van der Waals surface area (Å²) in [5.41, 5.74) is 1.03. The third-order valence-corrected chi connectivity index (χ3v) is 6.06. The van der Waals surface area contributed by atoms with E-state index in [1.807, 2.05) is 6.92 Å². The van der Waals surface area contributed by atoms with Crippen LogP contribution in [0.5, 0.6) is 0 Å². The lowest BCUT2D eigenvalue weighted by Crippen LogP contribution is -2.34. The molecule has 0 radical (unpaired) electrons. The predicted octanol–water partition coefficient (Wildman–Crippen LogP) is 3.02. The topological polar surface area (TPSA) is 80.5 Å². The maximum Gasteiger partial charge on any atom is 0.271 e. The van der Waals surface area contributed by atoms with E-state index in [0.717, 1.165) is 19.3 Å². The van der Waals surface area contributed by atoms with Crippen molar-refractivity contribution in [3.05, 3.63) is 33.4 Å². The lowest BCUT2D eigenvalue weighted by molar-refractivity contribution is -0.385. The van der Waals surface area contributed by atoms with E-state index in [1.54, 1.807) is 13.8 Å². The van der Waals surface area contributed by atoms with E-state index < -0.39 is 14.9 Å². The van der Waals surface area contributed by atoms with Gasteiger partial charge in [-0.1, -0.05) is 6.92 Å². The van der Waals surface area contributed by atoms with Gasteiger partial charge in [0.05, 0.1) is 9.82 Å². The molecule has 0 aromatic heterocycles. The van der Waals surface area contributed by atoms with Crippen molar-refractivity contribution in [1.29, 1.82) is 0 Å². The first kappa shape index (κ1) is 16.9. The molecule has 1 aliphatic carbocycles. The Morgan fingerprint density at radius 3 is 2.45 bits per heavy atom. The molecule has 1 aromatic carbocycles. The van der Waals surface area contributed by atoms with Gasteiger partial charge in [-0.15, -0.1) is 0 Å². The van der Waals surface area contributed by atoms with E-state index in [2.05, 4.69) is 0 Å². The number of hydrogen-bond donors (Lipinski definition) is 0. The summed E-state index contributed by atoms with van der Waals surface area (Å²) < 4.78 is 27.4. The Balaban J connectivity index is 2.48. The van der Waals surface area contributed by atoms with Crippen LogP contribution in [0.1, 0.15) is 37.3 Å². The van der Waals surface area contributed by atoms with Crippen LogP contribution in [0.2, 0.25) is 0 Å². The number of aryl methyl sites for hydroxylation is 1. The van der Waals surface area contributed by atoms with Gasteiger partial charge in [0.2, 0.25) is 10.0 Å². The molecule has 1 aliphatic rings. The average Bonchev–Trinajstić information content (AvgIpc) is 3.24. The maximum absolute atomic E-state index is 12.9. The van der Waals surface area contributed by atoms with E-state index in [0.29, 0.717) is 30.1 Å². The molecule has 0 heterocycles. The highest BCUT2D eigenvalue weighted by Crippen LogP contribution is 2.33. The van der Waals surface area contributed by atoms with Crippen LogP contribution in [0.4, 0.5) is 5.69 Å². The quantitative estimate of drug-likeness (QED) is 0.570. The number of benzene rings is 1. The molecular formula is C15H22N2O4S. The van der Waals surface area contributed by atoms with E-state index in [1.165, 1.54) is 16.4 Å². The van der Waals surface area contributed by atoms with Gasteiger partial charge in [0.15, 0.2) is 0 Å². The van der Waals surface area contributed by atoms with Crippen LogP contribution in [-0.4, -0.2) is 30.7 Å². The minimum atomic E-state index is -3.70. The van der Waals surface area contributed by atoms with Crippen molar-refractivity contribution in [3.8, 4) is 0 Å². The van der Waals surface area contributed by atoms with Gasteiger partial charge in [0.1, 0.15) is 0 Å². The second-order valence-corrected chi connectivity index (χ2v) is 7.86. The Bertz CT molecular complexity index is 681. The molecular weight excluding hydrogens is 304 g/mol. The summed E-state index contributed by atoms with van der Waals surface area (Å²) in [4.78, 5) is 10.5. The van der Waals surface area contributed by atoms with Gasteiger partial charge in [-0.25, -0.2) is 8.42 Å². The zero-order chi connectivity index (χ0) is 16.5. The highest BCUT2D eigenvalue weighted by molar-refractivity contribution is 7.89. The van der Waals surface area contributed by atoms with E-state index in [4.69, 9.17) is 0 Å². The molecule has 0 bridgehead atoms. The summed E-state index contributed by atoms with van der Waals surface area (Å²) in [6.45, 7) is 6.29. The summed E-state index contributed by atoms with van der Waals surface area (Å²) in [6.07, 6.45) is 2.84. The van der Waals surface area contributed by atoms with Crippen molar-refractivity contribution in [1.82, 2.24) is 4.31 Å². The van der Waals surface area contributed by atoms with Gasteiger partial charge in [0, 0.05) is 25.2 Å². The summed E-state index contributed by atoms with van der Waals surface area (Å²) in [6, 6.07) is 2.60. The molecule has 122 valence electrons. The van der Waals surface area contributed by atoms with Crippen LogP contribution in [0.15, 0.2) is 17.0 Å². The SMILES string of the molecule is CCCN(CC1CC1)S(=O)(=O)c1cc([N+](=O)[O-])cc(C)c1C. The van der Waals surface area contributed by atoms with Crippen molar-refractivity contribution >= 4 is 15.7 Å². The first-order valence-electron chi connectivity index (χ1n) is 7.53. The molecule has 0 atom stereocenters. The Labute approximate surface area is 131 Å². The maximum atomic E-state index is 12.9. The number of nitrogens with zero attached hydrogens (tertiary/aromatic N) is 2. The minimum absolute atomic E-state index is 0.0632. The smallest absolute Gasteiger partial charge is 0.258 e. The summed E-state index contributed by atoms with van der Waals surface area (Å²) in [5, 5.41) is 11.0. The van der Waals surface area contributed by atoms with E-state index >= 15 is 0 Å². The Morgan fingerprint density at radius 1 is 1.32 bits per heavy atom. The number of non-ortho nitro benzene ring substituents is 1. The van der Waals surface area contributed by atoms with Crippen LogP contribution in [-0.2, 0) is 10.0 Å². The molecule has 0 unspecified atom stereocenters. The number of sulfonamides is 1. The molecule has 0 aliphatic heterocycles. The Hall–Kier alpha value is -1.47. The fourth-order valence-corrected chi connectivity index (χ4v) is 4.39. The number of nitro benzene ring substituents is 1. The molecule has 22 heavy (non-hydrogen) atoms. The molecule has 1 saturated carbocycles. The largest absolute Gasteiger partial charge is 0.271 e. The Morgan fingerprint density at radius 2 is 1.95 bits per heavy atom. The van der Waals surface area contributed by atoms with Crippen LogP contribution < -0.4 is 0 Å². The van der Waals surface area contributed by atoms with E-state index in [-0.39, 0.29) is 10.6 Å². The first-order chi connectivity index (χ1) is 10.3. The summed E-state index contributed by atoms with van der Waals surface area (Å²) >= 11 is 0. The molecule has 0 amide bonds. The van der Waals surface area contributed by atoms with Crippen molar-refractivity contribution < 1.29 is 13.3 Å². The van der Waals surface area contributed by atoms with Gasteiger partial charge in [-0.05, 0) is 50.2 Å². The lowest BCUT2D eigenvalue weighted by Gasteiger charge is -2.23. The van der Waals surface area contributed by atoms with Gasteiger partial charge >= 0.3 is 0 Å². The fourth-order valence-electron chi connectivity index (χ4n) is 2.47. The first-order valence-corrected chi connectivity index (χ1v) is 8.97. The van der Waals surface area contributed by atoms with Crippen molar-refractivity contribution in [2.45, 2.75) is 44.9 Å². The third kappa shape index (κ3) is 3.47. The minimum Gasteiger partial charge on any atom is -0.258 e. The van der Waals surface area contributed by atoms with Crippen molar-refractivity contribution in [2.24, 2.45) is 5.92 Å². The van der Waals surface area contributed by atoms with Gasteiger partial charge in [0.25, 0.3) is 5.69 Å². The molecule has 1 fully saturated rings. The second-order valence-electron chi connectivity index (χ2n) is 5.95. The highest BCUT2D eigenvalue weighted by Gasteiger charge is 2.33. The predicted molar refractivity (Wildman–Crippen MR) is 84.3 cm³/mol. The van der Waals surface area contributed by atoms with Crippen molar-refractivity contribution in [2.75, 3.05) is 13.1 Å². The zero-order valence-electron chi connectivity index (χ0n) is 13.2. The summed E-state index contributed by atoms with van der Waals surface area (Å²) in [7, 11) is -3.70. The number of rotatable bonds is 7. The molecule has 1 aromatic rings. The monoisotopic (exact) mass is 326 g/mol. The molecule has 0 N–H and O–H groups in total. The molecule has 6 nitrogen and oxygen atoms in total. The van der Waals surface area contributed by atoms with Crippen LogP contribution in [0.3, 0.4) is 0 Å². The molecule has 0 spiro atoms. The summed E-state index contributed by atoms with van der Waals surface area (Å²) in [5.74, 6) is 0.432. The van der Waals surface area contributed by atoms with Crippen LogP contribution in [0, 0.1) is 29.9 Å². The number of nitro groups is 1. The zero-order valence-corrected chi connectivity index (χ0v) is 14.0. The third-order valence-electron chi connectivity index (χ3n) is 4.06. The standard InChI is InChI=1S/C15H22N2O4S/c1-4-7-16(10-13-5-6-13)22(20,21)15-9-14(17(18)19)8-11(2)12(15)3/h8-9,13H,4-7,10H2,1-3H3. The normalized spacial score (nSPS) is 15.3. The van der Waals surface area contributed by atoms with Gasteiger partial charge in [-0.3, -0.25) is 10.1 Å². The van der Waals surface area contributed by atoms with Gasteiger partial charge in [-0.2, -0.15) is 4.31 Å². The second kappa shape index (κ2) is 6.34. The van der Waals surface area contributed by atoms with Crippen LogP contribution >= 0.6 is 0 Å². The van der Waals surface area contributed by atoms with Gasteiger partial charge < -0.3 is 0 Å². The Kier molecular flexibility index (Phi) is 4.87. The van der Waals surface area contributed by atoms with E-state index in [9.17, 15) is 18.5 Å². The van der Waals surface area contributed by atoms with Crippen molar-refractivity contribution in [3.63, 3.8) is 0 Å². The molecule has 0 saturated heterocycles. The number of hydrogen-bond acceptors (Lipinski definition) is 4. The fraction of sp³-hybridized carbons (Fsp3) is 0.600. The lowest BCUT2D eigenvalue weighted by atomic mass is 10.1. The average molecular weight is 326 g/mol. The van der Waals surface area contributed by atoms with Crippen LogP contribution in [0.25, 0.3) is 0 Å². The molecule has 7 heteroatoms. The molecule has 2 rings (SSSR count). The highest BCUT2D eigenvalue weighted by atomic mass is 32.2.